The zero-order valence-corrected chi connectivity index (χ0v) is 20.0. The van der Waals surface area contributed by atoms with E-state index in [9.17, 15) is 4.79 Å². The highest BCUT2D eigenvalue weighted by Crippen LogP contribution is 2.38. The van der Waals surface area contributed by atoms with E-state index < -0.39 is 0 Å². The first-order valence-corrected chi connectivity index (χ1v) is 11.7. The Hall–Kier alpha value is -2.93. The highest BCUT2D eigenvalue weighted by molar-refractivity contribution is 5.79. The molecule has 2 saturated heterocycles. The molecule has 0 aliphatic carbocycles. The van der Waals surface area contributed by atoms with Gasteiger partial charge in [-0.25, -0.2) is 0 Å². The van der Waals surface area contributed by atoms with E-state index in [1.54, 1.807) is 21.3 Å². The molecule has 2 aromatic rings. The molecule has 33 heavy (non-hydrogen) atoms. The number of carbonyl (C=O) groups is 1. The summed E-state index contributed by atoms with van der Waals surface area (Å²) < 4.78 is 16.4. The fraction of sp³-hybridized carbons (Fsp3) is 0.500. The molecular weight excluding hydrogens is 418 g/mol. The SMILES string of the molecule is COc1cc(CN2CCCC(C(=O)N3CCN(c4ccccc4)CC3)C2)cc(OC)c1OC. The van der Waals surface area contributed by atoms with Gasteiger partial charge in [0.2, 0.25) is 11.7 Å². The van der Waals surface area contributed by atoms with Crippen molar-refractivity contribution in [2.75, 3.05) is 65.5 Å². The Labute approximate surface area is 196 Å². The number of amides is 1. The summed E-state index contributed by atoms with van der Waals surface area (Å²) >= 11 is 0. The van der Waals surface area contributed by atoms with Gasteiger partial charge in [-0.3, -0.25) is 9.69 Å². The Morgan fingerprint density at radius 1 is 0.909 bits per heavy atom. The lowest BCUT2D eigenvalue weighted by atomic mass is 9.95. The quantitative estimate of drug-likeness (QED) is 0.642. The number of nitrogens with zero attached hydrogens (tertiary/aromatic N) is 3. The number of hydrogen-bond donors (Lipinski definition) is 0. The van der Waals surface area contributed by atoms with Crippen molar-refractivity contribution in [2.24, 2.45) is 5.92 Å². The summed E-state index contributed by atoms with van der Waals surface area (Å²) in [4.78, 5) is 20.1. The maximum Gasteiger partial charge on any atom is 0.227 e. The van der Waals surface area contributed by atoms with Crippen LogP contribution in [0.25, 0.3) is 0 Å². The van der Waals surface area contributed by atoms with Crippen molar-refractivity contribution in [1.82, 2.24) is 9.80 Å². The second-order valence-corrected chi connectivity index (χ2v) is 8.76. The van der Waals surface area contributed by atoms with E-state index in [2.05, 4.69) is 39.0 Å². The standard InChI is InChI=1S/C26H35N3O4/c1-31-23-16-20(17-24(32-2)25(23)33-3)18-27-11-7-8-21(19-27)26(30)29-14-12-28(13-15-29)22-9-5-4-6-10-22/h4-6,9-10,16-17,21H,7-8,11-15,18-19H2,1-3H3. The highest BCUT2D eigenvalue weighted by atomic mass is 16.5. The van der Waals surface area contributed by atoms with Crippen LogP contribution in [0, 0.1) is 5.92 Å². The second kappa shape index (κ2) is 10.8. The molecule has 0 N–H and O–H groups in total. The van der Waals surface area contributed by atoms with Gasteiger partial charge in [0.15, 0.2) is 11.5 Å². The van der Waals surface area contributed by atoms with Gasteiger partial charge in [0.05, 0.1) is 27.2 Å². The van der Waals surface area contributed by atoms with Gasteiger partial charge in [-0.2, -0.15) is 0 Å². The Balaban J connectivity index is 1.35. The molecule has 4 rings (SSSR count). The fourth-order valence-electron chi connectivity index (χ4n) is 4.97. The van der Waals surface area contributed by atoms with E-state index in [-0.39, 0.29) is 5.92 Å². The maximum absolute atomic E-state index is 13.3. The number of likely N-dealkylation sites (tertiary alicyclic amines) is 1. The summed E-state index contributed by atoms with van der Waals surface area (Å²) in [6, 6.07) is 14.4. The van der Waals surface area contributed by atoms with Crippen molar-refractivity contribution in [3.8, 4) is 17.2 Å². The maximum atomic E-state index is 13.3. The number of para-hydroxylation sites is 1. The van der Waals surface area contributed by atoms with Crippen molar-refractivity contribution >= 4 is 11.6 Å². The van der Waals surface area contributed by atoms with Gasteiger partial charge in [0, 0.05) is 45.0 Å². The number of piperazine rings is 1. The molecule has 178 valence electrons. The van der Waals surface area contributed by atoms with Crippen LogP contribution in [-0.4, -0.2) is 76.3 Å². The second-order valence-electron chi connectivity index (χ2n) is 8.76. The average Bonchev–Trinajstić information content (AvgIpc) is 2.88. The fourth-order valence-corrected chi connectivity index (χ4v) is 4.97. The minimum absolute atomic E-state index is 0.0593. The van der Waals surface area contributed by atoms with E-state index in [1.165, 1.54) is 5.69 Å². The Morgan fingerprint density at radius 3 is 2.18 bits per heavy atom. The van der Waals surface area contributed by atoms with Crippen molar-refractivity contribution < 1.29 is 19.0 Å². The van der Waals surface area contributed by atoms with Gasteiger partial charge >= 0.3 is 0 Å². The number of carbonyl (C=O) groups excluding carboxylic acids is 1. The Bertz CT molecular complexity index is 903. The van der Waals surface area contributed by atoms with Crippen molar-refractivity contribution in [2.45, 2.75) is 19.4 Å². The van der Waals surface area contributed by atoms with Crippen LogP contribution in [0.4, 0.5) is 5.69 Å². The van der Waals surface area contributed by atoms with Gasteiger partial charge in [-0.15, -0.1) is 0 Å². The number of rotatable bonds is 7. The van der Waals surface area contributed by atoms with Gasteiger partial charge in [0.25, 0.3) is 0 Å². The molecule has 1 atom stereocenters. The first-order valence-electron chi connectivity index (χ1n) is 11.7. The van der Waals surface area contributed by atoms with E-state index >= 15 is 0 Å². The molecule has 1 unspecified atom stereocenters. The van der Waals surface area contributed by atoms with E-state index in [1.807, 2.05) is 18.2 Å². The molecule has 2 aliphatic rings. The van der Waals surface area contributed by atoms with Crippen LogP contribution < -0.4 is 19.1 Å². The molecule has 0 aromatic heterocycles. The van der Waals surface area contributed by atoms with Crippen LogP contribution in [-0.2, 0) is 11.3 Å². The number of hydrogen-bond acceptors (Lipinski definition) is 6. The van der Waals surface area contributed by atoms with E-state index in [0.29, 0.717) is 23.2 Å². The molecule has 1 amide bonds. The number of methoxy groups -OCH3 is 3. The predicted octanol–water partition coefficient (Wildman–Crippen LogP) is 3.27. The van der Waals surface area contributed by atoms with Crippen LogP contribution in [0.2, 0.25) is 0 Å². The topological polar surface area (TPSA) is 54.5 Å². The largest absolute Gasteiger partial charge is 0.493 e. The first-order chi connectivity index (χ1) is 16.1. The third-order valence-electron chi connectivity index (χ3n) is 6.70. The van der Waals surface area contributed by atoms with Crippen LogP contribution in [0.1, 0.15) is 18.4 Å². The lowest BCUT2D eigenvalue weighted by Crippen LogP contribution is -2.52. The third kappa shape index (κ3) is 5.36. The minimum Gasteiger partial charge on any atom is -0.493 e. The lowest BCUT2D eigenvalue weighted by molar-refractivity contribution is -0.137. The molecule has 2 aromatic carbocycles. The number of ether oxygens (including phenoxy) is 3. The van der Waals surface area contributed by atoms with Crippen LogP contribution >= 0.6 is 0 Å². The van der Waals surface area contributed by atoms with Gasteiger partial charge in [-0.1, -0.05) is 18.2 Å². The zero-order valence-electron chi connectivity index (χ0n) is 20.0. The minimum atomic E-state index is 0.0593. The number of piperidine rings is 1. The van der Waals surface area contributed by atoms with Crippen LogP contribution in [0.5, 0.6) is 17.2 Å². The molecule has 0 bridgehead atoms. The number of anilines is 1. The summed E-state index contributed by atoms with van der Waals surface area (Å²) in [7, 11) is 4.88. The zero-order chi connectivity index (χ0) is 23.2. The summed E-state index contributed by atoms with van der Waals surface area (Å²) in [6.07, 6.45) is 1.99. The summed E-state index contributed by atoms with van der Waals surface area (Å²) in [5.74, 6) is 2.28. The molecule has 7 nitrogen and oxygen atoms in total. The smallest absolute Gasteiger partial charge is 0.227 e. The Kier molecular flexibility index (Phi) is 7.60. The van der Waals surface area contributed by atoms with Gasteiger partial charge in [0.1, 0.15) is 0 Å². The van der Waals surface area contributed by atoms with Crippen LogP contribution in [0.15, 0.2) is 42.5 Å². The Morgan fingerprint density at radius 2 is 1.58 bits per heavy atom. The molecule has 0 saturated carbocycles. The van der Waals surface area contributed by atoms with Gasteiger partial charge in [-0.05, 0) is 49.2 Å². The first kappa shape index (κ1) is 23.2. The van der Waals surface area contributed by atoms with Crippen molar-refractivity contribution in [3.63, 3.8) is 0 Å². The van der Waals surface area contributed by atoms with Crippen LogP contribution in [0.3, 0.4) is 0 Å². The molecule has 0 radical (unpaired) electrons. The molecule has 7 heteroatoms. The monoisotopic (exact) mass is 453 g/mol. The third-order valence-corrected chi connectivity index (χ3v) is 6.70. The van der Waals surface area contributed by atoms with E-state index in [4.69, 9.17) is 14.2 Å². The molecule has 2 aliphatic heterocycles. The van der Waals surface area contributed by atoms with Crippen molar-refractivity contribution in [3.05, 3.63) is 48.0 Å². The van der Waals surface area contributed by atoms with Crippen molar-refractivity contribution in [1.29, 1.82) is 0 Å². The normalized spacial score (nSPS) is 19.3. The van der Waals surface area contributed by atoms with E-state index in [0.717, 1.165) is 64.2 Å². The average molecular weight is 454 g/mol. The molecular formula is C26H35N3O4. The number of benzene rings is 2. The molecule has 0 spiro atoms. The summed E-state index contributed by atoms with van der Waals surface area (Å²) in [6.45, 7) is 5.88. The molecule has 2 heterocycles. The predicted molar refractivity (Wildman–Crippen MR) is 129 cm³/mol. The lowest BCUT2D eigenvalue weighted by Gasteiger charge is -2.39. The summed E-state index contributed by atoms with van der Waals surface area (Å²) in [5.41, 5.74) is 2.33. The highest BCUT2D eigenvalue weighted by Gasteiger charge is 2.31. The van der Waals surface area contributed by atoms with Gasteiger partial charge < -0.3 is 24.0 Å². The molecule has 2 fully saturated rings. The summed E-state index contributed by atoms with van der Waals surface area (Å²) in [5, 5.41) is 0.